The third kappa shape index (κ3) is 8.21. The van der Waals surface area contributed by atoms with Gasteiger partial charge in [-0.05, 0) is 60.7 Å². The second-order valence-electron chi connectivity index (χ2n) is 10.4. The van der Waals surface area contributed by atoms with Crippen LogP contribution in [0.5, 0.6) is 11.5 Å². The number of carbonyl (C=O) groups excluding carboxylic acids is 1. The summed E-state index contributed by atoms with van der Waals surface area (Å²) in [6.45, 7) is -2.98. The molecule has 5 rings (SSSR count). The van der Waals surface area contributed by atoms with Crippen LogP contribution in [0.4, 0.5) is 14.5 Å². The van der Waals surface area contributed by atoms with Crippen molar-refractivity contribution < 1.29 is 40.9 Å². The Morgan fingerprint density at radius 2 is 1.84 bits per heavy atom. The van der Waals surface area contributed by atoms with Crippen molar-refractivity contribution in [2.75, 3.05) is 17.6 Å². The minimum atomic E-state index is -3.47. The molecule has 0 spiro atoms. The van der Waals surface area contributed by atoms with Crippen LogP contribution in [0, 0.1) is 11.1 Å². The zero-order chi connectivity index (χ0) is 31.6. The van der Waals surface area contributed by atoms with Crippen LogP contribution in [-0.2, 0) is 32.5 Å². The SMILES string of the molecule is CS(=O)(=O)Nc1ccc2c(ccn2CC(=O)O[C@@H](Cc2c(Cl)c[n+]([O-])cc2Cl)c2ccc(OC(F)F)c(OCC3CC3)c2)c1. The summed E-state index contributed by atoms with van der Waals surface area (Å²) < 4.78 is 70.2. The lowest BCUT2D eigenvalue weighted by atomic mass is 10.0. The van der Waals surface area contributed by atoms with E-state index in [1.165, 1.54) is 18.2 Å². The number of rotatable bonds is 13. The van der Waals surface area contributed by atoms with E-state index in [0.29, 0.717) is 45.0 Å². The maximum Gasteiger partial charge on any atom is 0.387 e. The van der Waals surface area contributed by atoms with Crippen LogP contribution >= 0.6 is 23.2 Å². The number of anilines is 1. The Hall–Kier alpha value is -3.81. The number of carbonyl (C=O) groups is 1. The van der Waals surface area contributed by atoms with Gasteiger partial charge in [-0.25, -0.2) is 8.42 Å². The summed E-state index contributed by atoms with van der Waals surface area (Å²) in [5, 5.41) is 12.6. The molecule has 1 saturated carbocycles. The van der Waals surface area contributed by atoms with Crippen LogP contribution in [0.15, 0.2) is 61.1 Å². The smallest absolute Gasteiger partial charge is 0.387 e. The number of fused-ring (bicyclic) bond motifs is 1. The quantitative estimate of drug-likeness (QED) is 0.107. The Morgan fingerprint density at radius 3 is 2.50 bits per heavy atom. The number of halogens is 4. The molecule has 1 N–H and O–H groups in total. The van der Waals surface area contributed by atoms with E-state index in [0.717, 1.165) is 31.5 Å². The number of ether oxygens (including phenoxy) is 3. The minimum Gasteiger partial charge on any atom is -0.619 e. The molecule has 0 saturated heterocycles. The summed E-state index contributed by atoms with van der Waals surface area (Å²) >= 11 is 12.6. The summed E-state index contributed by atoms with van der Waals surface area (Å²) in [6.07, 6.45) is 5.81. The molecule has 2 heterocycles. The van der Waals surface area contributed by atoms with Gasteiger partial charge in [-0.15, -0.1) is 0 Å². The van der Waals surface area contributed by atoms with Crippen molar-refractivity contribution in [3.8, 4) is 11.5 Å². The van der Waals surface area contributed by atoms with Gasteiger partial charge in [0.25, 0.3) is 0 Å². The molecule has 2 aromatic heterocycles. The number of esters is 1. The normalized spacial score (nSPS) is 14.0. The van der Waals surface area contributed by atoms with Crippen LogP contribution in [0.25, 0.3) is 10.9 Å². The number of sulfonamides is 1. The summed E-state index contributed by atoms with van der Waals surface area (Å²) in [6, 6.07) is 10.8. The predicted octanol–water partition coefficient (Wildman–Crippen LogP) is 5.87. The lowest BCUT2D eigenvalue weighted by molar-refractivity contribution is -0.605. The summed E-state index contributed by atoms with van der Waals surface area (Å²) in [4.78, 5) is 13.3. The van der Waals surface area contributed by atoms with E-state index in [1.807, 2.05) is 0 Å². The third-order valence-corrected chi connectivity index (χ3v) is 8.08. The molecule has 4 aromatic rings. The molecule has 234 valence electrons. The molecule has 0 bridgehead atoms. The van der Waals surface area contributed by atoms with E-state index in [1.54, 1.807) is 35.0 Å². The fraction of sp³-hybridized carbons (Fsp3) is 0.310. The maximum absolute atomic E-state index is 13.3. The number of pyridine rings is 1. The maximum atomic E-state index is 13.3. The zero-order valence-corrected chi connectivity index (χ0v) is 25.5. The zero-order valence-electron chi connectivity index (χ0n) is 23.2. The molecule has 15 heteroatoms. The van der Waals surface area contributed by atoms with Crippen molar-refractivity contribution in [3.05, 3.63) is 87.4 Å². The van der Waals surface area contributed by atoms with Crippen molar-refractivity contribution in [1.29, 1.82) is 0 Å². The molecule has 2 aromatic carbocycles. The molecule has 44 heavy (non-hydrogen) atoms. The largest absolute Gasteiger partial charge is 0.619 e. The number of hydrogen-bond acceptors (Lipinski definition) is 7. The molecule has 0 unspecified atom stereocenters. The monoisotopic (exact) mass is 669 g/mol. The molecule has 0 aliphatic heterocycles. The minimum absolute atomic E-state index is 0.0473. The molecule has 1 fully saturated rings. The van der Waals surface area contributed by atoms with E-state index < -0.39 is 28.7 Å². The van der Waals surface area contributed by atoms with Gasteiger partial charge >= 0.3 is 12.6 Å². The Bertz CT molecular complexity index is 1780. The predicted molar refractivity (Wildman–Crippen MR) is 160 cm³/mol. The lowest BCUT2D eigenvalue weighted by Crippen LogP contribution is -2.26. The van der Waals surface area contributed by atoms with Gasteiger partial charge in [0.05, 0.1) is 12.9 Å². The second-order valence-corrected chi connectivity index (χ2v) is 13.0. The first-order valence-electron chi connectivity index (χ1n) is 13.4. The van der Waals surface area contributed by atoms with Gasteiger partial charge < -0.3 is 24.0 Å². The van der Waals surface area contributed by atoms with Gasteiger partial charge in [0.1, 0.15) is 22.7 Å². The first kappa shape index (κ1) is 31.6. The fourth-order valence-electron chi connectivity index (χ4n) is 4.61. The number of nitrogens with one attached hydrogen (secondary N) is 1. The highest BCUT2D eigenvalue weighted by Crippen LogP contribution is 2.38. The summed E-state index contributed by atoms with van der Waals surface area (Å²) in [7, 11) is -3.47. The highest BCUT2D eigenvalue weighted by Gasteiger charge is 2.26. The summed E-state index contributed by atoms with van der Waals surface area (Å²) in [5.41, 5.74) is 1.75. The Balaban J connectivity index is 1.43. The Labute approximate surface area is 261 Å². The molecular formula is C29H27Cl2F2N3O7S. The number of benzene rings is 2. The van der Waals surface area contributed by atoms with Gasteiger partial charge in [-0.1, -0.05) is 29.3 Å². The molecule has 1 aliphatic rings. The van der Waals surface area contributed by atoms with Crippen molar-refractivity contribution in [2.45, 2.75) is 38.5 Å². The van der Waals surface area contributed by atoms with Gasteiger partial charge in [-0.3, -0.25) is 9.52 Å². The van der Waals surface area contributed by atoms with E-state index >= 15 is 0 Å². The van der Waals surface area contributed by atoms with E-state index in [4.69, 9.17) is 32.7 Å². The topological polar surface area (TPSA) is 123 Å². The van der Waals surface area contributed by atoms with Gasteiger partial charge in [0, 0.05) is 34.8 Å². The first-order chi connectivity index (χ1) is 20.8. The number of hydrogen-bond donors (Lipinski definition) is 1. The van der Waals surface area contributed by atoms with Crippen LogP contribution < -0.4 is 18.9 Å². The number of alkyl halides is 2. The van der Waals surface area contributed by atoms with Gasteiger partial charge in [0.2, 0.25) is 10.0 Å². The van der Waals surface area contributed by atoms with Crippen molar-refractivity contribution in [1.82, 2.24) is 4.57 Å². The Kier molecular flexibility index (Phi) is 9.37. The molecule has 0 radical (unpaired) electrons. The van der Waals surface area contributed by atoms with Gasteiger partial charge in [0.15, 0.2) is 23.9 Å². The average Bonchev–Trinajstić information content (AvgIpc) is 3.68. The standard InChI is InChI=1S/C29H27Cl2F2N3O7S/c1-44(39,40)34-20-5-6-24-18(10-20)8-9-35(24)15-28(37)42-26(12-21-22(30)13-36(38)14-23(21)31)19-4-7-25(43-29(32)33)27(11-19)41-16-17-2-3-17/h4-11,13-14,17,26,29,34H,2-3,12,15-16H2,1H3/t26-/m0/s1. The molecular weight excluding hydrogens is 643 g/mol. The third-order valence-electron chi connectivity index (χ3n) is 6.82. The number of nitrogens with zero attached hydrogens (tertiary/aromatic N) is 2. The number of aromatic nitrogens is 2. The molecule has 10 nitrogen and oxygen atoms in total. The van der Waals surface area contributed by atoms with Crippen LogP contribution in [-0.4, -0.2) is 38.4 Å². The van der Waals surface area contributed by atoms with Crippen molar-refractivity contribution in [2.24, 2.45) is 5.92 Å². The van der Waals surface area contributed by atoms with Gasteiger partial charge in [-0.2, -0.15) is 13.5 Å². The van der Waals surface area contributed by atoms with E-state index in [2.05, 4.69) is 9.46 Å². The fourth-order valence-corrected chi connectivity index (χ4v) is 5.77. The van der Waals surface area contributed by atoms with Crippen molar-refractivity contribution in [3.63, 3.8) is 0 Å². The van der Waals surface area contributed by atoms with Crippen LogP contribution in [0.3, 0.4) is 0 Å². The van der Waals surface area contributed by atoms with Crippen LogP contribution in [0.2, 0.25) is 10.0 Å². The molecule has 0 amide bonds. The van der Waals surface area contributed by atoms with E-state index in [9.17, 15) is 27.2 Å². The average molecular weight is 671 g/mol. The van der Waals surface area contributed by atoms with E-state index in [-0.39, 0.29) is 34.5 Å². The molecule has 1 atom stereocenters. The highest BCUT2D eigenvalue weighted by atomic mass is 35.5. The summed E-state index contributed by atoms with van der Waals surface area (Å²) in [5.74, 6) is -0.433. The first-order valence-corrected chi connectivity index (χ1v) is 16.0. The van der Waals surface area contributed by atoms with Crippen LogP contribution in [0.1, 0.15) is 30.1 Å². The second kappa shape index (κ2) is 13.0. The lowest BCUT2D eigenvalue weighted by Gasteiger charge is -2.22. The Morgan fingerprint density at radius 1 is 1.11 bits per heavy atom. The van der Waals surface area contributed by atoms with Crippen molar-refractivity contribution >= 4 is 55.8 Å². The highest BCUT2D eigenvalue weighted by molar-refractivity contribution is 7.92. The molecule has 1 aliphatic carbocycles.